The van der Waals surface area contributed by atoms with Gasteiger partial charge >= 0.3 is 0 Å². The van der Waals surface area contributed by atoms with E-state index >= 15 is 0 Å². The Morgan fingerprint density at radius 3 is 2.87 bits per heavy atom. The summed E-state index contributed by atoms with van der Waals surface area (Å²) >= 11 is 5.72. The minimum absolute atomic E-state index is 0.240. The molecule has 0 aliphatic rings. The first kappa shape index (κ1) is 12.0. The first-order valence-electron chi connectivity index (χ1n) is 5.00. The molecular formula is C10H16ClN3O. The van der Waals surface area contributed by atoms with Gasteiger partial charge in [-0.2, -0.15) is 4.98 Å². The summed E-state index contributed by atoms with van der Waals surface area (Å²) in [5, 5.41) is 0.240. The van der Waals surface area contributed by atoms with Crippen molar-refractivity contribution < 1.29 is 4.74 Å². The second-order valence-electron chi connectivity index (χ2n) is 3.77. The van der Waals surface area contributed by atoms with Gasteiger partial charge in [0.15, 0.2) is 5.15 Å². The molecule has 84 valence electrons. The van der Waals surface area contributed by atoms with Crippen LogP contribution in [0.3, 0.4) is 0 Å². The molecule has 0 saturated heterocycles. The van der Waals surface area contributed by atoms with Crippen molar-refractivity contribution in [1.29, 1.82) is 0 Å². The van der Waals surface area contributed by atoms with Crippen LogP contribution in [0.2, 0.25) is 5.15 Å². The van der Waals surface area contributed by atoms with Gasteiger partial charge in [-0.25, -0.2) is 4.98 Å². The van der Waals surface area contributed by atoms with Gasteiger partial charge in [0.25, 0.3) is 0 Å². The van der Waals surface area contributed by atoms with Crippen LogP contribution in [-0.2, 0) is 0 Å². The van der Waals surface area contributed by atoms with Gasteiger partial charge in [-0.3, -0.25) is 0 Å². The second-order valence-corrected chi connectivity index (χ2v) is 4.13. The number of hydrogen-bond acceptors (Lipinski definition) is 4. The molecule has 2 N–H and O–H groups in total. The van der Waals surface area contributed by atoms with Crippen LogP contribution in [0.5, 0.6) is 5.88 Å². The molecule has 0 spiro atoms. The minimum atomic E-state index is 0.240. The zero-order valence-corrected chi connectivity index (χ0v) is 9.79. The molecule has 0 aromatic carbocycles. The average Bonchev–Trinajstić information content (AvgIpc) is 2.18. The topological polar surface area (TPSA) is 61.0 Å². The molecule has 1 heterocycles. The normalized spacial score (nSPS) is 10.7. The highest BCUT2D eigenvalue weighted by atomic mass is 35.5. The average molecular weight is 230 g/mol. The lowest BCUT2D eigenvalue weighted by molar-refractivity contribution is 0.288. The third-order valence-corrected chi connectivity index (χ3v) is 2.26. The molecule has 15 heavy (non-hydrogen) atoms. The fourth-order valence-corrected chi connectivity index (χ4v) is 1.26. The summed E-state index contributed by atoms with van der Waals surface area (Å²) < 4.78 is 5.41. The number of hydrogen-bond donors (Lipinski definition) is 1. The number of halogens is 1. The number of nitrogen functional groups attached to an aromatic ring is 1. The zero-order chi connectivity index (χ0) is 11.3. The van der Waals surface area contributed by atoms with Gasteiger partial charge in [-0.1, -0.05) is 25.4 Å². The van der Waals surface area contributed by atoms with Crippen LogP contribution >= 0.6 is 11.6 Å². The third-order valence-electron chi connectivity index (χ3n) is 1.96. The summed E-state index contributed by atoms with van der Waals surface area (Å²) in [6, 6.07) is 0. The van der Waals surface area contributed by atoms with Gasteiger partial charge in [0.1, 0.15) is 12.0 Å². The van der Waals surface area contributed by atoms with Crippen molar-refractivity contribution in [2.45, 2.75) is 26.7 Å². The molecule has 0 fully saturated rings. The van der Waals surface area contributed by atoms with E-state index in [9.17, 15) is 0 Å². The molecule has 0 unspecified atom stereocenters. The summed E-state index contributed by atoms with van der Waals surface area (Å²) in [5.74, 6) is 1.05. The van der Waals surface area contributed by atoms with E-state index in [1.807, 2.05) is 0 Å². The molecule has 0 aliphatic carbocycles. The highest BCUT2D eigenvalue weighted by molar-refractivity contribution is 6.32. The highest BCUT2D eigenvalue weighted by Gasteiger charge is 2.06. The Kier molecular flexibility index (Phi) is 4.62. The molecule has 0 aliphatic heterocycles. The van der Waals surface area contributed by atoms with E-state index in [2.05, 4.69) is 23.8 Å². The van der Waals surface area contributed by atoms with Crippen molar-refractivity contribution in [2.75, 3.05) is 12.3 Å². The zero-order valence-electron chi connectivity index (χ0n) is 9.03. The summed E-state index contributed by atoms with van der Waals surface area (Å²) in [7, 11) is 0. The summed E-state index contributed by atoms with van der Waals surface area (Å²) in [6.45, 7) is 4.96. The molecule has 0 atom stereocenters. The molecule has 4 nitrogen and oxygen atoms in total. The van der Waals surface area contributed by atoms with E-state index in [1.54, 1.807) is 0 Å². The Labute approximate surface area is 94.8 Å². The van der Waals surface area contributed by atoms with E-state index in [-0.39, 0.29) is 5.15 Å². The van der Waals surface area contributed by atoms with E-state index in [0.29, 0.717) is 24.1 Å². The third kappa shape index (κ3) is 3.91. The number of nitrogens with zero attached hydrogens (tertiary/aromatic N) is 2. The van der Waals surface area contributed by atoms with Gasteiger partial charge in [-0.05, 0) is 18.8 Å². The summed E-state index contributed by atoms with van der Waals surface area (Å²) in [4.78, 5) is 7.66. The van der Waals surface area contributed by atoms with Crippen molar-refractivity contribution in [1.82, 2.24) is 9.97 Å². The van der Waals surface area contributed by atoms with Crippen molar-refractivity contribution in [3.63, 3.8) is 0 Å². The van der Waals surface area contributed by atoms with E-state index in [1.165, 1.54) is 6.33 Å². The molecule has 1 aromatic rings. The quantitative estimate of drug-likeness (QED) is 0.623. The monoisotopic (exact) mass is 229 g/mol. The van der Waals surface area contributed by atoms with Crippen LogP contribution in [0.25, 0.3) is 0 Å². The van der Waals surface area contributed by atoms with Gasteiger partial charge in [0.2, 0.25) is 5.88 Å². The first-order chi connectivity index (χ1) is 7.11. The van der Waals surface area contributed by atoms with E-state index < -0.39 is 0 Å². The minimum Gasteiger partial charge on any atom is -0.476 e. The van der Waals surface area contributed by atoms with Crippen molar-refractivity contribution >= 4 is 17.3 Å². The lowest BCUT2D eigenvalue weighted by atomic mass is 10.1. The Morgan fingerprint density at radius 2 is 2.20 bits per heavy atom. The summed E-state index contributed by atoms with van der Waals surface area (Å²) in [6.07, 6.45) is 3.45. The van der Waals surface area contributed by atoms with Crippen LogP contribution < -0.4 is 10.5 Å². The standard InChI is InChI=1S/C10H16ClN3O/c1-7(2)4-3-5-15-10-8(12)9(11)13-6-14-10/h6-7H,3-5,12H2,1-2H3. The molecule has 1 aromatic heterocycles. The SMILES string of the molecule is CC(C)CCCOc1ncnc(Cl)c1N. The lowest BCUT2D eigenvalue weighted by Crippen LogP contribution is -2.04. The molecule has 0 radical (unpaired) electrons. The summed E-state index contributed by atoms with van der Waals surface area (Å²) in [5.41, 5.74) is 5.95. The first-order valence-corrected chi connectivity index (χ1v) is 5.37. The fourth-order valence-electron chi connectivity index (χ4n) is 1.13. The van der Waals surface area contributed by atoms with Crippen molar-refractivity contribution in [3.8, 4) is 5.88 Å². The lowest BCUT2D eigenvalue weighted by Gasteiger charge is -2.08. The molecule has 5 heteroatoms. The maximum Gasteiger partial charge on any atom is 0.241 e. The number of nitrogens with two attached hydrogens (primary N) is 1. The van der Waals surface area contributed by atoms with Crippen molar-refractivity contribution in [2.24, 2.45) is 5.92 Å². The van der Waals surface area contributed by atoms with Gasteiger partial charge in [0, 0.05) is 0 Å². The van der Waals surface area contributed by atoms with Crippen LogP contribution in [0.1, 0.15) is 26.7 Å². The maximum atomic E-state index is 5.72. The fraction of sp³-hybridized carbons (Fsp3) is 0.600. The number of aromatic nitrogens is 2. The molecule has 0 amide bonds. The Morgan fingerprint density at radius 1 is 1.47 bits per heavy atom. The van der Waals surface area contributed by atoms with E-state index in [0.717, 1.165) is 12.8 Å². The Balaban J connectivity index is 2.41. The largest absolute Gasteiger partial charge is 0.476 e. The predicted octanol–water partition coefficient (Wildman–Crippen LogP) is 2.53. The number of rotatable bonds is 5. The highest BCUT2D eigenvalue weighted by Crippen LogP contribution is 2.24. The van der Waals surface area contributed by atoms with Crippen LogP contribution in [0.4, 0.5) is 5.69 Å². The Hall–Kier alpha value is -1.03. The van der Waals surface area contributed by atoms with Gasteiger partial charge in [0.05, 0.1) is 6.61 Å². The number of ether oxygens (including phenoxy) is 1. The van der Waals surface area contributed by atoms with E-state index in [4.69, 9.17) is 22.1 Å². The molecular weight excluding hydrogens is 214 g/mol. The van der Waals surface area contributed by atoms with Crippen LogP contribution in [-0.4, -0.2) is 16.6 Å². The van der Waals surface area contributed by atoms with Crippen LogP contribution in [0.15, 0.2) is 6.33 Å². The molecule has 0 bridgehead atoms. The molecule has 1 rings (SSSR count). The predicted molar refractivity (Wildman–Crippen MR) is 61.0 cm³/mol. The maximum absolute atomic E-state index is 5.72. The Bertz CT molecular complexity index is 318. The smallest absolute Gasteiger partial charge is 0.241 e. The number of anilines is 1. The second kappa shape index (κ2) is 5.75. The van der Waals surface area contributed by atoms with Gasteiger partial charge < -0.3 is 10.5 Å². The van der Waals surface area contributed by atoms with Crippen LogP contribution in [0, 0.1) is 5.92 Å². The van der Waals surface area contributed by atoms with Crippen molar-refractivity contribution in [3.05, 3.63) is 11.5 Å². The van der Waals surface area contributed by atoms with Gasteiger partial charge in [-0.15, -0.1) is 0 Å². The molecule has 0 saturated carbocycles.